The predicted octanol–water partition coefficient (Wildman–Crippen LogP) is 4.05. The molecule has 1 saturated carbocycles. The van der Waals surface area contributed by atoms with Crippen LogP contribution in [0.15, 0.2) is 0 Å². The van der Waals surface area contributed by atoms with E-state index in [1.807, 2.05) is 0 Å². The van der Waals surface area contributed by atoms with Crippen LogP contribution >= 0.6 is 0 Å². The maximum atomic E-state index is 3.81. The van der Waals surface area contributed by atoms with Gasteiger partial charge in [-0.3, -0.25) is 4.90 Å². The topological polar surface area (TPSA) is 15.3 Å². The van der Waals surface area contributed by atoms with E-state index in [0.29, 0.717) is 11.5 Å². The van der Waals surface area contributed by atoms with Gasteiger partial charge in [0.05, 0.1) is 0 Å². The first-order chi connectivity index (χ1) is 9.45. The van der Waals surface area contributed by atoms with Crippen molar-refractivity contribution in [2.45, 2.75) is 91.3 Å². The molecule has 20 heavy (non-hydrogen) atoms. The van der Waals surface area contributed by atoms with E-state index in [0.717, 1.165) is 18.0 Å². The van der Waals surface area contributed by atoms with Crippen molar-refractivity contribution in [1.29, 1.82) is 0 Å². The predicted molar refractivity (Wildman–Crippen MR) is 88.1 cm³/mol. The molecule has 2 heteroatoms. The third kappa shape index (κ3) is 3.76. The molecule has 1 aliphatic carbocycles. The molecule has 1 saturated heterocycles. The molecule has 0 spiro atoms. The average molecular weight is 281 g/mol. The number of nitrogens with zero attached hydrogens (tertiary/aromatic N) is 1. The summed E-state index contributed by atoms with van der Waals surface area (Å²) in [6, 6.07) is 2.26. The van der Waals surface area contributed by atoms with E-state index in [1.54, 1.807) is 0 Å². The highest BCUT2D eigenvalue weighted by Gasteiger charge is 2.37. The van der Waals surface area contributed by atoms with Gasteiger partial charge in [-0.25, -0.2) is 0 Å². The van der Waals surface area contributed by atoms with Gasteiger partial charge >= 0.3 is 0 Å². The van der Waals surface area contributed by atoms with Crippen molar-refractivity contribution in [3.05, 3.63) is 0 Å². The molecule has 2 aliphatic rings. The zero-order valence-electron chi connectivity index (χ0n) is 14.4. The third-order valence-electron chi connectivity index (χ3n) is 5.84. The SMILES string of the molecule is CCC1CCC(N2CC(C(C)(C)C)NCC2CC)CC1. The molecule has 0 bridgehead atoms. The lowest BCUT2D eigenvalue weighted by molar-refractivity contribution is 0.0271. The molecule has 0 aromatic carbocycles. The van der Waals surface area contributed by atoms with Crippen LogP contribution in [0.5, 0.6) is 0 Å². The second kappa shape index (κ2) is 6.79. The maximum Gasteiger partial charge on any atom is 0.0244 e. The van der Waals surface area contributed by atoms with Crippen LogP contribution in [0, 0.1) is 11.3 Å². The molecular weight excluding hydrogens is 244 g/mol. The van der Waals surface area contributed by atoms with Crippen LogP contribution in [0.25, 0.3) is 0 Å². The summed E-state index contributed by atoms with van der Waals surface area (Å²) in [5.41, 5.74) is 0.373. The fourth-order valence-corrected chi connectivity index (χ4v) is 4.11. The van der Waals surface area contributed by atoms with Crippen LogP contribution in [0.2, 0.25) is 0 Å². The van der Waals surface area contributed by atoms with Crippen LogP contribution in [0.4, 0.5) is 0 Å². The van der Waals surface area contributed by atoms with Crippen molar-refractivity contribution >= 4 is 0 Å². The quantitative estimate of drug-likeness (QED) is 0.839. The van der Waals surface area contributed by atoms with Crippen LogP contribution in [-0.2, 0) is 0 Å². The fourth-order valence-electron chi connectivity index (χ4n) is 4.11. The van der Waals surface area contributed by atoms with Crippen LogP contribution in [0.1, 0.15) is 73.1 Å². The Morgan fingerprint density at radius 3 is 2.15 bits per heavy atom. The summed E-state index contributed by atoms with van der Waals surface area (Å²) >= 11 is 0. The van der Waals surface area contributed by atoms with Gasteiger partial charge in [0.1, 0.15) is 0 Å². The van der Waals surface area contributed by atoms with Gasteiger partial charge in [0.2, 0.25) is 0 Å². The number of hydrogen-bond donors (Lipinski definition) is 1. The molecule has 2 nitrogen and oxygen atoms in total. The van der Waals surface area contributed by atoms with E-state index >= 15 is 0 Å². The van der Waals surface area contributed by atoms with Crippen LogP contribution in [0.3, 0.4) is 0 Å². The molecular formula is C18H36N2. The Balaban J connectivity index is 1.99. The monoisotopic (exact) mass is 280 g/mol. The molecule has 0 aromatic rings. The lowest BCUT2D eigenvalue weighted by Gasteiger charge is -2.49. The summed E-state index contributed by atoms with van der Waals surface area (Å²) in [6.45, 7) is 14.3. The van der Waals surface area contributed by atoms with Crippen molar-refractivity contribution in [2.75, 3.05) is 13.1 Å². The molecule has 2 atom stereocenters. The summed E-state index contributed by atoms with van der Waals surface area (Å²) < 4.78 is 0. The van der Waals surface area contributed by atoms with E-state index in [2.05, 4.69) is 44.8 Å². The Bertz CT molecular complexity index is 286. The normalized spacial score (nSPS) is 37.0. The first-order valence-corrected chi connectivity index (χ1v) is 8.94. The van der Waals surface area contributed by atoms with E-state index < -0.39 is 0 Å². The number of piperazine rings is 1. The molecule has 0 amide bonds. The van der Waals surface area contributed by atoms with Crippen LogP contribution in [-0.4, -0.2) is 36.1 Å². The fraction of sp³-hybridized carbons (Fsp3) is 1.00. The molecule has 0 radical (unpaired) electrons. The summed E-state index contributed by atoms with van der Waals surface area (Å²) in [5, 5.41) is 3.81. The second-order valence-electron chi connectivity index (χ2n) is 8.17. The van der Waals surface area contributed by atoms with Gasteiger partial charge in [-0.05, 0) is 43.4 Å². The smallest absolute Gasteiger partial charge is 0.0244 e. The Hall–Kier alpha value is -0.0800. The Labute approximate surface area is 126 Å². The third-order valence-corrected chi connectivity index (χ3v) is 5.84. The lowest BCUT2D eigenvalue weighted by atomic mass is 9.80. The van der Waals surface area contributed by atoms with Crippen molar-refractivity contribution in [3.8, 4) is 0 Å². The summed E-state index contributed by atoms with van der Waals surface area (Å²) in [7, 11) is 0. The molecule has 2 unspecified atom stereocenters. The first-order valence-electron chi connectivity index (χ1n) is 8.94. The minimum atomic E-state index is 0.373. The van der Waals surface area contributed by atoms with Gasteiger partial charge in [-0.15, -0.1) is 0 Å². The van der Waals surface area contributed by atoms with Gasteiger partial charge < -0.3 is 5.32 Å². The summed E-state index contributed by atoms with van der Waals surface area (Å²) in [5.74, 6) is 1.01. The minimum absolute atomic E-state index is 0.373. The summed E-state index contributed by atoms with van der Waals surface area (Å²) in [6.07, 6.45) is 8.47. The summed E-state index contributed by atoms with van der Waals surface area (Å²) in [4.78, 5) is 2.87. The van der Waals surface area contributed by atoms with Crippen molar-refractivity contribution < 1.29 is 0 Å². The highest BCUT2D eigenvalue weighted by atomic mass is 15.3. The van der Waals surface area contributed by atoms with Gasteiger partial charge in [0, 0.05) is 31.2 Å². The van der Waals surface area contributed by atoms with E-state index in [4.69, 9.17) is 0 Å². The lowest BCUT2D eigenvalue weighted by Crippen LogP contribution is -2.62. The van der Waals surface area contributed by atoms with Gasteiger partial charge in [-0.2, -0.15) is 0 Å². The zero-order chi connectivity index (χ0) is 14.8. The molecule has 1 N–H and O–H groups in total. The molecule has 0 aromatic heterocycles. The first kappa shape index (κ1) is 16.3. The van der Waals surface area contributed by atoms with Crippen molar-refractivity contribution in [3.63, 3.8) is 0 Å². The Kier molecular flexibility index (Phi) is 5.53. The zero-order valence-corrected chi connectivity index (χ0v) is 14.4. The van der Waals surface area contributed by atoms with E-state index in [-0.39, 0.29) is 0 Å². The largest absolute Gasteiger partial charge is 0.311 e. The molecule has 1 aliphatic heterocycles. The Morgan fingerprint density at radius 2 is 1.65 bits per heavy atom. The standard InChI is InChI=1S/C18H36N2/c1-6-14-8-10-16(11-9-14)20-13-17(18(3,4)5)19-12-15(20)7-2/h14-17,19H,6-13H2,1-5H3. The van der Waals surface area contributed by atoms with Crippen LogP contribution < -0.4 is 5.32 Å². The molecule has 2 rings (SSSR count). The van der Waals surface area contributed by atoms with E-state index in [9.17, 15) is 0 Å². The van der Waals surface area contributed by atoms with Gasteiger partial charge in [-0.1, -0.05) is 41.0 Å². The number of hydrogen-bond acceptors (Lipinski definition) is 2. The highest BCUT2D eigenvalue weighted by Crippen LogP contribution is 2.33. The molecule has 2 fully saturated rings. The average Bonchev–Trinajstić information content (AvgIpc) is 2.45. The van der Waals surface area contributed by atoms with Gasteiger partial charge in [0.15, 0.2) is 0 Å². The maximum absolute atomic E-state index is 3.81. The number of nitrogens with one attached hydrogen (secondary N) is 1. The highest BCUT2D eigenvalue weighted by molar-refractivity contribution is 4.95. The Morgan fingerprint density at radius 1 is 1.00 bits per heavy atom. The van der Waals surface area contributed by atoms with Crippen molar-refractivity contribution in [1.82, 2.24) is 10.2 Å². The molecule has 1 heterocycles. The van der Waals surface area contributed by atoms with E-state index in [1.165, 1.54) is 51.6 Å². The number of rotatable bonds is 3. The minimum Gasteiger partial charge on any atom is -0.311 e. The van der Waals surface area contributed by atoms with Gasteiger partial charge in [0.25, 0.3) is 0 Å². The second-order valence-corrected chi connectivity index (χ2v) is 8.17. The molecule has 118 valence electrons. The van der Waals surface area contributed by atoms with Crippen molar-refractivity contribution in [2.24, 2.45) is 11.3 Å².